The minimum atomic E-state index is -0.620. The summed E-state index contributed by atoms with van der Waals surface area (Å²) in [5, 5.41) is 11.0. The SMILES string of the molecule is N#CCC(=O)Nc1ccc(C(=O)OCC(=O)N2CCc3ccccc32)cc1. The molecule has 0 atom stereocenters. The lowest BCUT2D eigenvalue weighted by Crippen LogP contribution is -2.33. The molecule has 7 nitrogen and oxygen atoms in total. The molecular weight excluding hydrogens is 346 g/mol. The van der Waals surface area contributed by atoms with Crippen LogP contribution in [0.3, 0.4) is 0 Å². The number of benzene rings is 2. The third-order valence-electron chi connectivity index (χ3n) is 4.16. The van der Waals surface area contributed by atoms with Gasteiger partial charge in [0.05, 0.1) is 11.6 Å². The predicted molar refractivity (Wildman–Crippen MR) is 98.1 cm³/mol. The van der Waals surface area contributed by atoms with Crippen molar-refractivity contribution in [2.75, 3.05) is 23.4 Å². The maximum absolute atomic E-state index is 12.4. The minimum absolute atomic E-state index is 0.245. The highest BCUT2D eigenvalue weighted by molar-refractivity contribution is 5.99. The Labute approximate surface area is 156 Å². The summed E-state index contributed by atoms with van der Waals surface area (Å²) in [5.74, 6) is -1.32. The fraction of sp³-hybridized carbons (Fsp3) is 0.200. The van der Waals surface area contributed by atoms with E-state index in [4.69, 9.17) is 10.00 Å². The molecule has 0 unspecified atom stereocenters. The standard InChI is InChI=1S/C20H17N3O4/c21-11-9-18(24)22-16-7-5-15(6-8-16)20(26)27-13-19(25)23-12-10-14-3-1-2-4-17(14)23/h1-8H,9-10,12-13H2,(H,22,24). The second kappa shape index (κ2) is 8.15. The van der Waals surface area contributed by atoms with Gasteiger partial charge in [-0.3, -0.25) is 9.59 Å². The molecule has 136 valence electrons. The molecule has 0 saturated carbocycles. The maximum atomic E-state index is 12.4. The van der Waals surface area contributed by atoms with Gasteiger partial charge in [0, 0.05) is 17.9 Å². The summed E-state index contributed by atoms with van der Waals surface area (Å²) in [7, 11) is 0. The number of nitriles is 1. The molecule has 1 aliphatic rings. The molecule has 27 heavy (non-hydrogen) atoms. The summed E-state index contributed by atoms with van der Waals surface area (Å²) in [6.45, 7) is 0.237. The molecule has 0 saturated heterocycles. The van der Waals surface area contributed by atoms with Gasteiger partial charge in [-0.2, -0.15) is 5.26 Å². The van der Waals surface area contributed by atoms with Gasteiger partial charge in [0.2, 0.25) is 5.91 Å². The van der Waals surface area contributed by atoms with Gasteiger partial charge in [0.15, 0.2) is 6.61 Å². The van der Waals surface area contributed by atoms with Crippen molar-refractivity contribution in [3.8, 4) is 6.07 Å². The van der Waals surface area contributed by atoms with E-state index in [1.807, 2.05) is 24.3 Å². The van der Waals surface area contributed by atoms with Gasteiger partial charge in [0.1, 0.15) is 6.42 Å². The average Bonchev–Trinajstić information content (AvgIpc) is 3.11. The van der Waals surface area contributed by atoms with Crippen LogP contribution >= 0.6 is 0 Å². The molecule has 1 heterocycles. The summed E-state index contributed by atoms with van der Waals surface area (Å²) >= 11 is 0. The van der Waals surface area contributed by atoms with Crippen LogP contribution in [0.4, 0.5) is 11.4 Å². The third-order valence-corrected chi connectivity index (χ3v) is 4.16. The van der Waals surface area contributed by atoms with Gasteiger partial charge in [-0.15, -0.1) is 0 Å². The van der Waals surface area contributed by atoms with Crippen molar-refractivity contribution >= 4 is 29.2 Å². The topological polar surface area (TPSA) is 99.5 Å². The predicted octanol–water partition coefficient (Wildman–Crippen LogP) is 2.28. The first-order valence-corrected chi connectivity index (χ1v) is 8.41. The summed E-state index contributed by atoms with van der Waals surface area (Å²) in [4.78, 5) is 37.5. The number of ether oxygens (including phenoxy) is 1. The van der Waals surface area contributed by atoms with Gasteiger partial charge in [-0.05, 0) is 42.3 Å². The highest BCUT2D eigenvalue weighted by atomic mass is 16.5. The lowest BCUT2D eigenvalue weighted by Gasteiger charge is -2.17. The van der Waals surface area contributed by atoms with Crippen molar-refractivity contribution in [3.05, 3.63) is 59.7 Å². The molecule has 0 radical (unpaired) electrons. The van der Waals surface area contributed by atoms with E-state index in [1.165, 1.54) is 24.3 Å². The summed E-state index contributed by atoms with van der Waals surface area (Å²) in [6, 6.07) is 15.4. The molecule has 0 aromatic heterocycles. The largest absolute Gasteiger partial charge is 0.452 e. The highest BCUT2D eigenvalue weighted by Gasteiger charge is 2.25. The third kappa shape index (κ3) is 4.30. The van der Waals surface area contributed by atoms with E-state index in [2.05, 4.69) is 5.32 Å². The van der Waals surface area contributed by atoms with Crippen LogP contribution in [0.2, 0.25) is 0 Å². The molecule has 0 aliphatic carbocycles. The Kier molecular flexibility index (Phi) is 5.47. The van der Waals surface area contributed by atoms with Crippen LogP contribution in [-0.2, 0) is 20.7 Å². The molecule has 1 aliphatic heterocycles. The van der Waals surface area contributed by atoms with Crippen LogP contribution in [-0.4, -0.2) is 30.9 Å². The van der Waals surface area contributed by atoms with Crippen LogP contribution < -0.4 is 10.2 Å². The van der Waals surface area contributed by atoms with E-state index in [1.54, 1.807) is 11.0 Å². The first kappa shape index (κ1) is 18.1. The molecule has 2 aromatic rings. The van der Waals surface area contributed by atoms with Crippen molar-refractivity contribution in [2.24, 2.45) is 0 Å². The molecule has 0 spiro atoms. The van der Waals surface area contributed by atoms with Crippen molar-refractivity contribution < 1.29 is 19.1 Å². The van der Waals surface area contributed by atoms with E-state index >= 15 is 0 Å². The van der Waals surface area contributed by atoms with Crippen LogP contribution in [0.25, 0.3) is 0 Å². The Hall–Kier alpha value is -3.66. The van der Waals surface area contributed by atoms with Crippen LogP contribution in [0.1, 0.15) is 22.3 Å². The van der Waals surface area contributed by atoms with Gasteiger partial charge in [-0.1, -0.05) is 18.2 Å². The number of nitrogens with zero attached hydrogens (tertiary/aromatic N) is 2. The number of anilines is 2. The monoisotopic (exact) mass is 363 g/mol. The summed E-state index contributed by atoms with van der Waals surface area (Å²) in [5.41, 5.74) is 2.70. The normalized spacial score (nSPS) is 12.0. The zero-order valence-electron chi connectivity index (χ0n) is 14.5. The zero-order valence-corrected chi connectivity index (χ0v) is 14.5. The van der Waals surface area contributed by atoms with E-state index in [0.717, 1.165) is 17.7 Å². The molecule has 2 aromatic carbocycles. The smallest absolute Gasteiger partial charge is 0.338 e. The van der Waals surface area contributed by atoms with Crippen LogP contribution in [0, 0.1) is 11.3 Å². The number of amides is 2. The second-order valence-electron chi connectivity index (χ2n) is 5.96. The fourth-order valence-corrected chi connectivity index (χ4v) is 2.85. The Morgan fingerprint density at radius 3 is 2.59 bits per heavy atom. The first-order valence-electron chi connectivity index (χ1n) is 8.41. The number of carbonyl (C=O) groups is 3. The van der Waals surface area contributed by atoms with E-state index in [-0.39, 0.29) is 24.5 Å². The molecule has 0 fully saturated rings. The zero-order chi connectivity index (χ0) is 19.2. The maximum Gasteiger partial charge on any atom is 0.338 e. The Balaban J connectivity index is 1.54. The van der Waals surface area contributed by atoms with Crippen molar-refractivity contribution in [1.82, 2.24) is 0 Å². The van der Waals surface area contributed by atoms with Gasteiger partial charge in [-0.25, -0.2) is 4.79 Å². The van der Waals surface area contributed by atoms with E-state index in [0.29, 0.717) is 12.2 Å². The number of esters is 1. The number of carbonyl (C=O) groups excluding carboxylic acids is 3. The quantitative estimate of drug-likeness (QED) is 0.822. The van der Waals surface area contributed by atoms with Crippen LogP contribution in [0.15, 0.2) is 48.5 Å². The number of nitrogens with one attached hydrogen (secondary N) is 1. The Morgan fingerprint density at radius 1 is 1.11 bits per heavy atom. The van der Waals surface area contributed by atoms with Crippen molar-refractivity contribution in [3.63, 3.8) is 0 Å². The molecular formula is C20H17N3O4. The molecule has 3 rings (SSSR count). The number of fused-ring (bicyclic) bond motifs is 1. The van der Waals surface area contributed by atoms with Crippen molar-refractivity contribution in [1.29, 1.82) is 5.26 Å². The Bertz CT molecular complexity index is 916. The average molecular weight is 363 g/mol. The summed E-state index contributed by atoms with van der Waals surface area (Å²) in [6.07, 6.45) is 0.542. The molecule has 1 N–H and O–H groups in total. The number of hydrogen-bond donors (Lipinski definition) is 1. The fourth-order valence-electron chi connectivity index (χ4n) is 2.85. The second-order valence-corrected chi connectivity index (χ2v) is 5.96. The Morgan fingerprint density at radius 2 is 1.85 bits per heavy atom. The number of hydrogen-bond acceptors (Lipinski definition) is 5. The van der Waals surface area contributed by atoms with Gasteiger partial charge in [0.25, 0.3) is 5.91 Å². The van der Waals surface area contributed by atoms with Crippen LogP contribution in [0.5, 0.6) is 0 Å². The van der Waals surface area contributed by atoms with E-state index < -0.39 is 11.9 Å². The van der Waals surface area contributed by atoms with Gasteiger partial charge < -0.3 is 15.0 Å². The van der Waals surface area contributed by atoms with Gasteiger partial charge >= 0.3 is 5.97 Å². The summed E-state index contributed by atoms with van der Waals surface area (Å²) < 4.78 is 5.12. The number of para-hydroxylation sites is 1. The lowest BCUT2D eigenvalue weighted by atomic mass is 10.2. The highest BCUT2D eigenvalue weighted by Crippen LogP contribution is 2.27. The lowest BCUT2D eigenvalue weighted by molar-refractivity contribution is -0.121. The molecule has 2 amide bonds. The minimum Gasteiger partial charge on any atom is -0.452 e. The molecule has 7 heteroatoms. The molecule has 0 bridgehead atoms. The van der Waals surface area contributed by atoms with E-state index in [9.17, 15) is 14.4 Å². The number of rotatable bonds is 5. The van der Waals surface area contributed by atoms with Crippen molar-refractivity contribution in [2.45, 2.75) is 12.8 Å². The first-order chi connectivity index (χ1) is 13.1.